The van der Waals surface area contributed by atoms with E-state index >= 15 is 0 Å². The Kier molecular flexibility index (Phi) is 5.81. The molecule has 0 aromatic carbocycles. The molecule has 3 heteroatoms. The molecule has 0 aliphatic heterocycles. The molecule has 1 amide bonds. The van der Waals surface area contributed by atoms with Crippen LogP contribution < -0.4 is 0 Å². The molecular formula is C13H24BrNO. The van der Waals surface area contributed by atoms with Crippen LogP contribution >= 0.6 is 15.9 Å². The van der Waals surface area contributed by atoms with Gasteiger partial charge < -0.3 is 4.90 Å². The van der Waals surface area contributed by atoms with E-state index < -0.39 is 0 Å². The summed E-state index contributed by atoms with van der Waals surface area (Å²) in [4.78, 5) is 14.5. The van der Waals surface area contributed by atoms with Crippen LogP contribution in [-0.2, 0) is 4.79 Å². The van der Waals surface area contributed by atoms with Gasteiger partial charge in [-0.2, -0.15) is 0 Å². The number of hydrogen-bond donors (Lipinski definition) is 0. The van der Waals surface area contributed by atoms with Crippen LogP contribution in [0.3, 0.4) is 0 Å². The average molecular weight is 290 g/mol. The van der Waals surface area contributed by atoms with E-state index in [0.29, 0.717) is 29.1 Å². The lowest BCUT2D eigenvalue weighted by Gasteiger charge is -2.35. The fourth-order valence-corrected chi connectivity index (χ4v) is 3.22. The molecule has 1 aliphatic carbocycles. The van der Waals surface area contributed by atoms with Gasteiger partial charge in [0.05, 0.1) is 0 Å². The minimum Gasteiger partial charge on any atom is -0.342 e. The molecule has 2 atom stereocenters. The van der Waals surface area contributed by atoms with Crippen LogP contribution in [0.5, 0.6) is 0 Å². The fourth-order valence-electron chi connectivity index (χ4n) is 2.28. The number of carbonyl (C=O) groups is 1. The van der Waals surface area contributed by atoms with Crippen molar-refractivity contribution < 1.29 is 4.79 Å². The number of nitrogens with zero attached hydrogens (tertiary/aromatic N) is 1. The lowest BCUT2D eigenvalue weighted by atomic mass is 9.94. The third-order valence-electron chi connectivity index (χ3n) is 3.47. The van der Waals surface area contributed by atoms with E-state index in [2.05, 4.69) is 29.8 Å². The topological polar surface area (TPSA) is 20.3 Å². The van der Waals surface area contributed by atoms with Gasteiger partial charge in [-0.15, -0.1) is 0 Å². The molecule has 2 unspecified atom stereocenters. The minimum absolute atomic E-state index is 0.310. The summed E-state index contributed by atoms with van der Waals surface area (Å²) >= 11 is 3.71. The number of alkyl halides is 1. The maximum Gasteiger partial charge on any atom is 0.222 e. The Hall–Kier alpha value is -0.0500. The molecule has 0 radical (unpaired) electrons. The minimum atomic E-state index is 0.310. The second-order valence-electron chi connectivity index (χ2n) is 5.30. The monoisotopic (exact) mass is 289 g/mol. The number of rotatable bonds is 4. The summed E-state index contributed by atoms with van der Waals surface area (Å²) in [7, 11) is 1.97. The zero-order valence-corrected chi connectivity index (χ0v) is 12.3. The molecule has 1 aliphatic rings. The molecule has 0 heterocycles. The van der Waals surface area contributed by atoms with Crippen molar-refractivity contribution in [3.63, 3.8) is 0 Å². The quantitative estimate of drug-likeness (QED) is 0.725. The molecule has 0 bridgehead atoms. The van der Waals surface area contributed by atoms with Crippen LogP contribution in [0, 0.1) is 5.92 Å². The largest absolute Gasteiger partial charge is 0.342 e. The van der Waals surface area contributed by atoms with Crippen LogP contribution in [0.1, 0.15) is 52.4 Å². The maximum absolute atomic E-state index is 12.0. The summed E-state index contributed by atoms with van der Waals surface area (Å²) in [6, 6.07) is 0.411. The Morgan fingerprint density at radius 3 is 2.56 bits per heavy atom. The fraction of sp³-hybridized carbons (Fsp3) is 0.923. The molecule has 2 nitrogen and oxygen atoms in total. The first kappa shape index (κ1) is 14.0. The van der Waals surface area contributed by atoms with Crippen LogP contribution in [0.4, 0.5) is 0 Å². The van der Waals surface area contributed by atoms with Crippen molar-refractivity contribution >= 4 is 21.8 Å². The van der Waals surface area contributed by atoms with Gasteiger partial charge in [0.2, 0.25) is 5.91 Å². The Morgan fingerprint density at radius 2 is 2.00 bits per heavy atom. The summed E-state index contributed by atoms with van der Waals surface area (Å²) in [6.07, 6.45) is 6.61. The molecule has 16 heavy (non-hydrogen) atoms. The average Bonchev–Trinajstić information content (AvgIpc) is 2.25. The van der Waals surface area contributed by atoms with Crippen molar-refractivity contribution in [2.24, 2.45) is 5.92 Å². The highest BCUT2D eigenvalue weighted by Gasteiger charge is 2.28. The summed E-state index contributed by atoms with van der Waals surface area (Å²) in [6.45, 7) is 4.34. The second-order valence-corrected chi connectivity index (χ2v) is 6.48. The van der Waals surface area contributed by atoms with Gasteiger partial charge in [0, 0.05) is 24.3 Å². The van der Waals surface area contributed by atoms with E-state index in [1.54, 1.807) is 0 Å². The molecule has 0 aromatic heterocycles. The zero-order valence-electron chi connectivity index (χ0n) is 10.7. The molecule has 0 saturated heterocycles. The first-order chi connectivity index (χ1) is 7.52. The number of amides is 1. The van der Waals surface area contributed by atoms with Gasteiger partial charge in [0.15, 0.2) is 0 Å². The SMILES string of the molecule is CC(C)CCC(=O)N(C)C1CCCCC1Br. The van der Waals surface area contributed by atoms with Crippen molar-refractivity contribution in [3.8, 4) is 0 Å². The van der Waals surface area contributed by atoms with Gasteiger partial charge in [0.1, 0.15) is 0 Å². The van der Waals surface area contributed by atoms with Crippen molar-refractivity contribution in [3.05, 3.63) is 0 Å². The van der Waals surface area contributed by atoms with E-state index in [1.165, 1.54) is 19.3 Å². The molecule has 1 fully saturated rings. The van der Waals surface area contributed by atoms with Crippen LogP contribution in [0.15, 0.2) is 0 Å². The van der Waals surface area contributed by atoms with E-state index in [4.69, 9.17) is 0 Å². The molecule has 1 saturated carbocycles. The highest BCUT2D eigenvalue weighted by atomic mass is 79.9. The zero-order chi connectivity index (χ0) is 12.1. The van der Waals surface area contributed by atoms with Gasteiger partial charge in [0.25, 0.3) is 0 Å². The van der Waals surface area contributed by atoms with Crippen molar-refractivity contribution in [2.75, 3.05) is 7.05 Å². The van der Waals surface area contributed by atoms with Crippen molar-refractivity contribution in [1.29, 1.82) is 0 Å². The second kappa shape index (κ2) is 6.63. The molecule has 1 rings (SSSR count). The highest BCUT2D eigenvalue weighted by Crippen LogP contribution is 2.28. The predicted octanol–water partition coefficient (Wildman–Crippen LogP) is 3.59. The summed E-state index contributed by atoms with van der Waals surface area (Å²) in [5, 5.41) is 0. The first-order valence-electron chi connectivity index (χ1n) is 6.42. The molecule has 0 aromatic rings. The lowest BCUT2D eigenvalue weighted by Crippen LogP contribution is -2.44. The third kappa shape index (κ3) is 4.08. The summed E-state index contributed by atoms with van der Waals surface area (Å²) in [5.74, 6) is 0.925. The summed E-state index contributed by atoms with van der Waals surface area (Å²) in [5.41, 5.74) is 0. The highest BCUT2D eigenvalue weighted by molar-refractivity contribution is 9.09. The number of halogens is 1. The van der Waals surface area contributed by atoms with Crippen LogP contribution in [0.2, 0.25) is 0 Å². The van der Waals surface area contributed by atoms with Crippen LogP contribution in [0.25, 0.3) is 0 Å². The molecular weight excluding hydrogens is 266 g/mol. The van der Waals surface area contributed by atoms with Gasteiger partial charge in [-0.1, -0.05) is 42.6 Å². The Morgan fingerprint density at radius 1 is 1.38 bits per heavy atom. The lowest BCUT2D eigenvalue weighted by molar-refractivity contribution is -0.132. The van der Waals surface area contributed by atoms with Crippen molar-refractivity contribution in [1.82, 2.24) is 4.90 Å². The van der Waals surface area contributed by atoms with Crippen molar-refractivity contribution in [2.45, 2.75) is 63.2 Å². The van der Waals surface area contributed by atoms with Gasteiger partial charge in [-0.3, -0.25) is 4.79 Å². The normalized spacial score (nSPS) is 25.8. The number of carbonyl (C=O) groups excluding carboxylic acids is 1. The molecule has 94 valence electrons. The molecule has 0 spiro atoms. The van der Waals surface area contributed by atoms with Gasteiger partial charge in [-0.25, -0.2) is 0 Å². The summed E-state index contributed by atoms with van der Waals surface area (Å²) < 4.78 is 0. The van der Waals surface area contributed by atoms with Gasteiger partial charge >= 0.3 is 0 Å². The predicted molar refractivity (Wildman–Crippen MR) is 71.8 cm³/mol. The Bertz CT molecular complexity index is 230. The van der Waals surface area contributed by atoms with E-state index in [9.17, 15) is 4.79 Å². The van der Waals surface area contributed by atoms with Gasteiger partial charge in [-0.05, 0) is 25.2 Å². The Labute approximate surface area is 108 Å². The number of hydrogen-bond acceptors (Lipinski definition) is 1. The standard InChI is InChI=1S/C13H24BrNO/c1-10(2)8-9-13(16)15(3)12-7-5-4-6-11(12)14/h10-12H,4-9H2,1-3H3. The first-order valence-corrected chi connectivity index (χ1v) is 7.33. The Balaban J connectivity index is 2.42. The van der Waals surface area contributed by atoms with E-state index in [-0.39, 0.29) is 0 Å². The third-order valence-corrected chi connectivity index (χ3v) is 4.54. The molecule has 0 N–H and O–H groups in total. The van der Waals surface area contributed by atoms with E-state index in [0.717, 1.165) is 12.8 Å². The maximum atomic E-state index is 12.0. The van der Waals surface area contributed by atoms with Crippen LogP contribution in [-0.4, -0.2) is 28.7 Å². The van der Waals surface area contributed by atoms with E-state index in [1.807, 2.05) is 11.9 Å². The smallest absolute Gasteiger partial charge is 0.222 e.